The molecule has 1 heterocycles. The van der Waals surface area contributed by atoms with Crippen LogP contribution in [0.3, 0.4) is 0 Å². The van der Waals surface area contributed by atoms with Crippen molar-refractivity contribution in [2.75, 3.05) is 31.8 Å². The molecule has 1 rings (SSSR count). The number of alkyl halides is 1. The molecule has 0 aromatic carbocycles. The van der Waals surface area contributed by atoms with Crippen LogP contribution in [0.5, 0.6) is 0 Å². The van der Waals surface area contributed by atoms with Crippen molar-refractivity contribution in [3.63, 3.8) is 0 Å². The zero-order chi connectivity index (χ0) is 11.0. The van der Waals surface area contributed by atoms with Crippen molar-refractivity contribution in [2.45, 2.75) is 39.0 Å². The van der Waals surface area contributed by atoms with Gasteiger partial charge in [0.25, 0.3) is 0 Å². The molecular formula is C12H23BrO2. The van der Waals surface area contributed by atoms with Gasteiger partial charge >= 0.3 is 0 Å². The summed E-state index contributed by atoms with van der Waals surface area (Å²) in [5.41, 5.74) is 0.338. The lowest BCUT2D eigenvalue weighted by Gasteiger charge is -2.35. The Labute approximate surface area is 102 Å². The van der Waals surface area contributed by atoms with Gasteiger partial charge < -0.3 is 9.47 Å². The highest BCUT2D eigenvalue weighted by Gasteiger charge is 2.31. The van der Waals surface area contributed by atoms with Crippen LogP contribution in [0.4, 0.5) is 0 Å². The van der Waals surface area contributed by atoms with Gasteiger partial charge in [-0.3, -0.25) is 0 Å². The molecule has 0 unspecified atom stereocenters. The van der Waals surface area contributed by atoms with E-state index in [1.54, 1.807) is 0 Å². The fourth-order valence-electron chi connectivity index (χ4n) is 1.86. The van der Waals surface area contributed by atoms with Gasteiger partial charge in [0.15, 0.2) is 0 Å². The molecule has 1 fully saturated rings. The average molecular weight is 279 g/mol. The number of halogens is 1. The highest BCUT2D eigenvalue weighted by atomic mass is 79.9. The third-order valence-electron chi connectivity index (χ3n) is 3.14. The summed E-state index contributed by atoms with van der Waals surface area (Å²) in [5, 5.41) is 1.04. The largest absolute Gasteiger partial charge is 0.381 e. The van der Waals surface area contributed by atoms with E-state index < -0.39 is 0 Å². The summed E-state index contributed by atoms with van der Waals surface area (Å²) < 4.78 is 11.2. The van der Waals surface area contributed by atoms with E-state index >= 15 is 0 Å². The summed E-state index contributed by atoms with van der Waals surface area (Å²) in [6.45, 7) is 5.82. The molecule has 0 aliphatic carbocycles. The smallest absolute Gasteiger partial charge is 0.0532 e. The molecule has 0 N–H and O–H groups in total. The Morgan fingerprint density at radius 3 is 2.60 bits per heavy atom. The van der Waals surface area contributed by atoms with Gasteiger partial charge in [0, 0.05) is 30.6 Å². The second-order valence-corrected chi connectivity index (χ2v) is 5.07. The maximum Gasteiger partial charge on any atom is 0.0532 e. The molecule has 3 heteroatoms. The van der Waals surface area contributed by atoms with Gasteiger partial charge in [-0.25, -0.2) is 0 Å². The summed E-state index contributed by atoms with van der Waals surface area (Å²) in [6.07, 6.45) is 6.01. The number of hydrogen-bond donors (Lipinski definition) is 0. The predicted octanol–water partition coefficient (Wildman–Crippen LogP) is 3.38. The van der Waals surface area contributed by atoms with Crippen molar-refractivity contribution in [2.24, 2.45) is 5.41 Å². The zero-order valence-electron chi connectivity index (χ0n) is 9.77. The Morgan fingerprint density at radius 1 is 1.27 bits per heavy atom. The SMILES string of the molecule is CCCCCOCC1(CBr)CCOCC1. The molecule has 0 aromatic heterocycles. The number of hydrogen-bond acceptors (Lipinski definition) is 2. The van der Waals surface area contributed by atoms with E-state index in [9.17, 15) is 0 Å². The minimum absolute atomic E-state index is 0.338. The molecule has 15 heavy (non-hydrogen) atoms. The van der Waals surface area contributed by atoms with Gasteiger partial charge in [0.05, 0.1) is 6.61 Å². The lowest BCUT2D eigenvalue weighted by atomic mass is 9.83. The lowest BCUT2D eigenvalue weighted by molar-refractivity contribution is -0.0271. The quantitative estimate of drug-likeness (QED) is 0.525. The van der Waals surface area contributed by atoms with E-state index in [4.69, 9.17) is 9.47 Å². The van der Waals surface area contributed by atoms with Crippen molar-refractivity contribution in [3.8, 4) is 0 Å². The molecule has 1 saturated heterocycles. The molecule has 0 aromatic rings. The van der Waals surface area contributed by atoms with Crippen LogP contribution in [0.15, 0.2) is 0 Å². The van der Waals surface area contributed by atoms with Crippen LogP contribution >= 0.6 is 15.9 Å². The molecule has 0 saturated carbocycles. The monoisotopic (exact) mass is 278 g/mol. The Bertz CT molecular complexity index is 156. The summed E-state index contributed by atoms with van der Waals surface area (Å²) in [6, 6.07) is 0. The molecular weight excluding hydrogens is 256 g/mol. The molecule has 0 bridgehead atoms. The van der Waals surface area contributed by atoms with Crippen LogP contribution in [0.2, 0.25) is 0 Å². The fraction of sp³-hybridized carbons (Fsp3) is 1.00. The van der Waals surface area contributed by atoms with Gasteiger partial charge in [0.2, 0.25) is 0 Å². The minimum atomic E-state index is 0.338. The van der Waals surface area contributed by atoms with Crippen molar-refractivity contribution in [1.29, 1.82) is 0 Å². The van der Waals surface area contributed by atoms with Crippen molar-refractivity contribution in [3.05, 3.63) is 0 Å². The van der Waals surface area contributed by atoms with Gasteiger partial charge in [-0.15, -0.1) is 0 Å². The van der Waals surface area contributed by atoms with Crippen LogP contribution in [-0.2, 0) is 9.47 Å². The Morgan fingerprint density at radius 2 is 2.00 bits per heavy atom. The molecule has 1 aliphatic heterocycles. The van der Waals surface area contributed by atoms with Crippen LogP contribution in [-0.4, -0.2) is 31.8 Å². The molecule has 0 radical (unpaired) electrons. The molecule has 2 nitrogen and oxygen atoms in total. The molecule has 0 atom stereocenters. The molecule has 90 valence electrons. The summed E-state index contributed by atoms with van der Waals surface area (Å²) in [5.74, 6) is 0. The van der Waals surface area contributed by atoms with Crippen molar-refractivity contribution >= 4 is 15.9 Å². The van der Waals surface area contributed by atoms with E-state index in [1.807, 2.05) is 0 Å². The van der Waals surface area contributed by atoms with E-state index in [2.05, 4.69) is 22.9 Å². The van der Waals surface area contributed by atoms with Gasteiger partial charge in [-0.2, -0.15) is 0 Å². The maximum atomic E-state index is 5.78. The first-order valence-electron chi connectivity index (χ1n) is 6.04. The Kier molecular flexibility index (Phi) is 6.86. The van der Waals surface area contributed by atoms with Crippen LogP contribution in [0.1, 0.15) is 39.0 Å². The molecule has 0 amide bonds. The maximum absolute atomic E-state index is 5.78. The second-order valence-electron chi connectivity index (χ2n) is 4.51. The van der Waals surface area contributed by atoms with E-state index in [0.29, 0.717) is 5.41 Å². The van der Waals surface area contributed by atoms with Gasteiger partial charge in [0.1, 0.15) is 0 Å². The normalized spacial score (nSPS) is 20.4. The Balaban J connectivity index is 2.15. The third-order valence-corrected chi connectivity index (χ3v) is 4.33. The van der Waals surface area contributed by atoms with Crippen LogP contribution < -0.4 is 0 Å². The second kappa shape index (κ2) is 7.64. The minimum Gasteiger partial charge on any atom is -0.381 e. The third kappa shape index (κ3) is 4.83. The topological polar surface area (TPSA) is 18.5 Å². The predicted molar refractivity (Wildman–Crippen MR) is 66.6 cm³/mol. The standard InChI is InChI=1S/C12H23BrO2/c1-2-3-4-7-15-11-12(10-13)5-8-14-9-6-12/h2-11H2,1H3. The highest BCUT2D eigenvalue weighted by molar-refractivity contribution is 9.09. The van der Waals surface area contributed by atoms with E-state index in [0.717, 1.165) is 44.6 Å². The summed E-state index contributed by atoms with van der Waals surface area (Å²) >= 11 is 3.62. The molecule has 1 aliphatic rings. The lowest BCUT2D eigenvalue weighted by Crippen LogP contribution is -2.35. The average Bonchev–Trinajstić information content (AvgIpc) is 2.30. The molecule has 0 spiro atoms. The van der Waals surface area contributed by atoms with Crippen LogP contribution in [0.25, 0.3) is 0 Å². The first kappa shape index (κ1) is 13.5. The fourth-order valence-corrected chi connectivity index (χ4v) is 2.59. The number of ether oxygens (including phenoxy) is 2. The van der Waals surface area contributed by atoms with Gasteiger partial charge in [-0.1, -0.05) is 35.7 Å². The Hall–Kier alpha value is 0.400. The van der Waals surface area contributed by atoms with E-state index in [1.165, 1.54) is 19.3 Å². The number of unbranched alkanes of at least 4 members (excludes halogenated alkanes) is 2. The summed E-state index contributed by atoms with van der Waals surface area (Å²) in [7, 11) is 0. The van der Waals surface area contributed by atoms with Crippen LogP contribution in [0, 0.1) is 5.41 Å². The van der Waals surface area contributed by atoms with Crippen molar-refractivity contribution < 1.29 is 9.47 Å². The highest BCUT2D eigenvalue weighted by Crippen LogP contribution is 2.32. The van der Waals surface area contributed by atoms with Crippen molar-refractivity contribution in [1.82, 2.24) is 0 Å². The first-order chi connectivity index (χ1) is 7.33. The first-order valence-corrected chi connectivity index (χ1v) is 7.16. The number of rotatable bonds is 7. The van der Waals surface area contributed by atoms with Gasteiger partial charge in [-0.05, 0) is 19.3 Å². The summed E-state index contributed by atoms with van der Waals surface area (Å²) in [4.78, 5) is 0. The zero-order valence-corrected chi connectivity index (χ0v) is 11.4. The van der Waals surface area contributed by atoms with E-state index in [-0.39, 0.29) is 0 Å².